The van der Waals surface area contributed by atoms with Crippen LogP contribution < -0.4 is 5.32 Å². The van der Waals surface area contributed by atoms with Gasteiger partial charge in [0.25, 0.3) is 5.91 Å². The highest BCUT2D eigenvalue weighted by Gasteiger charge is 2.21. The Labute approximate surface area is 177 Å². The van der Waals surface area contributed by atoms with Gasteiger partial charge in [-0.3, -0.25) is 9.69 Å². The van der Waals surface area contributed by atoms with E-state index in [0.29, 0.717) is 18.2 Å². The molecule has 1 N–H and O–H groups in total. The van der Waals surface area contributed by atoms with Crippen molar-refractivity contribution < 1.29 is 9.21 Å². The summed E-state index contributed by atoms with van der Waals surface area (Å²) in [5.41, 5.74) is 3.36. The maximum Gasteiger partial charge on any atom is 0.286 e. The van der Waals surface area contributed by atoms with Crippen LogP contribution in [0, 0.1) is 17.8 Å². The van der Waals surface area contributed by atoms with Crippen molar-refractivity contribution in [1.29, 1.82) is 0 Å². The molecule has 4 heteroatoms. The van der Waals surface area contributed by atoms with Gasteiger partial charge in [-0.1, -0.05) is 48.2 Å². The molecule has 0 aliphatic carbocycles. The van der Waals surface area contributed by atoms with Crippen molar-refractivity contribution in [3.8, 4) is 11.8 Å². The summed E-state index contributed by atoms with van der Waals surface area (Å²) in [6.07, 6.45) is 3.79. The third-order valence-corrected chi connectivity index (χ3v) is 5.43. The zero-order chi connectivity index (χ0) is 20.6. The minimum Gasteiger partial charge on any atom is -0.459 e. The minimum absolute atomic E-state index is 0.140. The van der Waals surface area contributed by atoms with Crippen LogP contribution in [0.25, 0.3) is 0 Å². The summed E-state index contributed by atoms with van der Waals surface area (Å²) in [7, 11) is 0. The summed E-state index contributed by atoms with van der Waals surface area (Å²) in [6.45, 7) is 3.59. The molecule has 4 rings (SSSR count). The Morgan fingerprint density at radius 3 is 2.70 bits per heavy atom. The second-order valence-corrected chi connectivity index (χ2v) is 7.70. The first-order chi connectivity index (χ1) is 14.8. The molecule has 4 nitrogen and oxygen atoms in total. The van der Waals surface area contributed by atoms with Gasteiger partial charge in [0.05, 0.1) is 6.26 Å². The Morgan fingerprint density at radius 1 is 1.03 bits per heavy atom. The first-order valence-corrected chi connectivity index (χ1v) is 10.5. The van der Waals surface area contributed by atoms with Crippen LogP contribution in [-0.2, 0) is 6.54 Å². The fraction of sp³-hybridized carbons (Fsp3) is 0.269. The van der Waals surface area contributed by atoms with E-state index in [-0.39, 0.29) is 5.91 Å². The van der Waals surface area contributed by atoms with E-state index >= 15 is 0 Å². The zero-order valence-electron chi connectivity index (χ0n) is 17.0. The van der Waals surface area contributed by atoms with Crippen LogP contribution in [0.5, 0.6) is 0 Å². The van der Waals surface area contributed by atoms with Crippen molar-refractivity contribution in [1.82, 2.24) is 10.2 Å². The van der Waals surface area contributed by atoms with Gasteiger partial charge in [0.2, 0.25) is 0 Å². The molecule has 0 saturated carbocycles. The van der Waals surface area contributed by atoms with E-state index < -0.39 is 0 Å². The van der Waals surface area contributed by atoms with Gasteiger partial charge in [0.15, 0.2) is 5.76 Å². The normalized spacial score (nSPS) is 16.5. The van der Waals surface area contributed by atoms with Crippen LogP contribution in [0.3, 0.4) is 0 Å². The molecular formula is C26H26N2O2. The third kappa shape index (κ3) is 5.40. The second-order valence-electron chi connectivity index (χ2n) is 7.70. The molecule has 0 bridgehead atoms. The van der Waals surface area contributed by atoms with E-state index in [9.17, 15) is 4.79 Å². The smallest absolute Gasteiger partial charge is 0.286 e. The van der Waals surface area contributed by atoms with Gasteiger partial charge in [0, 0.05) is 30.8 Å². The average Bonchev–Trinajstić information content (AvgIpc) is 3.33. The fourth-order valence-corrected chi connectivity index (χ4v) is 3.88. The van der Waals surface area contributed by atoms with Crippen molar-refractivity contribution in [2.45, 2.75) is 19.4 Å². The summed E-state index contributed by atoms with van der Waals surface area (Å²) < 4.78 is 5.17. The van der Waals surface area contributed by atoms with E-state index in [0.717, 1.165) is 43.6 Å². The molecule has 0 radical (unpaired) electrons. The number of rotatable bonds is 5. The Morgan fingerprint density at radius 2 is 1.87 bits per heavy atom. The predicted molar refractivity (Wildman–Crippen MR) is 118 cm³/mol. The van der Waals surface area contributed by atoms with Crippen molar-refractivity contribution in [2.24, 2.45) is 5.92 Å². The van der Waals surface area contributed by atoms with Gasteiger partial charge in [-0.2, -0.15) is 0 Å². The Hall–Kier alpha value is -3.29. The molecule has 0 unspecified atom stereocenters. The van der Waals surface area contributed by atoms with E-state index in [2.05, 4.69) is 40.3 Å². The molecule has 2 aromatic carbocycles. The van der Waals surface area contributed by atoms with E-state index in [1.807, 2.05) is 36.4 Å². The number of furan rings is 1. The minimum atomic E-state index is -0.140. The van der Waals surface area contributed by atoms with Gasteiger partial charge in [-0.15, -0.1) is 0 Å². The standard InChI is InChI=1S/C26H26N2O2/c29-26(25-13-7-17-30-25)27-18-22-10-6-16-28(19-22)20-24-12-5-4-11-23(24)15-14-21-8-2-1-3-9-21/h1-5,7-9,11-13,17,22H,6,10,16,18-20H2,(H,27,29)/t22-/m1/s1. The van der Waals surface area contributed by atoms with Crippen molar-refractivity contribution >= 4 is 5.91 Å². The predicted octanol–water partition coefficient (Wildman–Crippen LogP) is 4.32. The van der Waals surface area contributed by atoms with Crippen LogP contribution in [0.2, 0.25) is 0 Å². The Kier molecular flexibility index (Phi) is 6.64. The van der Waals surface area contributed by atoms with Crippen molar-refractivity contribution in [3.05, 3.63) is 95.4 Å². The molecule has 1 amide bonds. The lowest BCUT2D eigenvalue weighted by Gasteiger charge is -2.33. The molecule has 3 aromatic rings. The maximum absolute atomic E-state index is 12.1. The lowest BCUT2D eigenvalue weighted by molar-refractivity contribution is 0.0903. The molecule has 1 aromatic heterocycles. The monoisotopic (exact) mass is 398 g/mol. The molecule has 0 spiro atoms. The number of carbonyl (C=O) groups excluding carboxylic acids is 1. The van der Waals surface area contributed by atoms with Gasteiger partial charge in [-0.05, 0) is 61.2 Å². The largest absolute Gasteiger partial charge is 0.459 e. The number of carbonyl (C=O) groups is 1. The highest BCUT2D eigenvalue weighted by atomic mass is 16.3. The number of likely N-dealkylation sites (tertiary alicyclic amines) is 1. The van der Waals surface area contributed by atoms with Crippen LogP contribution in [0.1, 0.15) is 40.1 Å². The van der Waals surface area contributed by atoms with Crippen LogP contribution >= 0.6 is 0 Å². The average molecular weight is 399 g/mol. The summed E-state index contributed by atoms with van der Waals surface area (Å²) in [4.78, 5) is 14.6. The lowest BCUT2D eigenvalue weighted by Crippen LogP contribution is -2.40. The summed E-state index contributed by atoms with van der Waals surface area (Å²) in [5, 5.41) is 3.01. The fourth-order valence-electron chi connectivity index (χ4n) is 3.88. The van der Waals surface area contributed by atoms with Gasteiger partial charge in [0.1, 0.15) is 0 Å². The van der Waals surface area contributed by atoms with Crippen LogP contribution in [-0.4, -0.2) is 30.4 Å². The van der Waals surface area contributed by atoms with E-state index in [4.69, 9.17) is 4.42 Å². The number of nitrogens with zero attached hydrogens (tertiary/aromatic N) is 1. The number of nitrogens with one attached hydrogen (secondary N) is 1. The molecule has 1 fully saturated rings. The lowest BCUT2D eigenvalue weighted by atomic mass is 9.97. The second kappa shape index (κ2) is 9.96. The molecule has 1 saturated heterocycles. The first-order valence-electron chi connectivity index (χ1n) is 10.5. The van der Waals surface area contributed by atoms with Gasteiger partial charge >= 0.3 is 0 Å². The van der Waals surface area contributed by atoms with Crippen molar-refractivity contribution in [2.75, 3.05) is 19.6 Å². The Balaban J connectivity index is 1.36. The first kappa shape index (κ1) is 20.0. The van der Waals surface area contributed by atoms with E-state index in [1.165, 1.54) is 11.8 Å². The highest BCUT2D eigenvalue weighted by Crippen LogP contribution is 2.20. The molecule has 1 aliphatic heterocycles. The van der Waals surface area contributed by atoms with E-state index in [1.54, 1.807) is 12.1 Å². The zero-order valence-corrected chi connectivity index (χ0v) is 17.0. The van der Waals surface area contributed by atoms with Crippen LogP contribution in [0.4, 0.5) is 0 Å². The van der Waals surface area contributed by atoms with Gasteiger partial charge < -0.3 is 9.73 Å². The molecule has 152 valence electrons. The quantitative estimate of drug-likeness (QED) is 0.651. The summed E-state index contributed by atoms with van der Waals surface area (Å²) in [6, 6.07) is 21.9. The SMILES string of the molecule is O=C(NC[C@H]1CCCN(Cc2ccccc2C#Cc2ccccc2)C1)c1ccco1. The molecule has 30 heavy (non-hydrogen) atoms. The molecule has 1 aliphatic rings. The third-order valence-electron chi connectivity index (χ3n) is 5.43. The van der Waals surface area contributed by atoms with Crippen molar-refractivity contribution in [3.63, 3.8) is 0 Å². The summed E-state index contributed by atoms with van der Waals surface area (Å²) >= 11 is 0. The number of hydrogen-bond donors (Lipinski definition) is 1. The highest BCUT2D eigenvalue weighted by molar-refractivity contribution is 5.91. The number of amides is 1. The number of piperidine rings is 1. The number of hydrogen-bond acceptors (Lipinski definition) is 3. The summed E-state index contributed by atoms with van der Waals surface area (Å²) in [5.74, 6) is 7.28. The van der Waals surface area contributed by atoms with Crippen LogP contribution in [0.15, 0.2) is 77.4 Å². The molecule has 1 atom stereocenters. The van der Waals surface area contributed by atoms with Gasteiger partial charge in [-0.25, -0.2) is 0 Å². The Bertz CT molecular complexity index is 1020. The molecule has 2 heterocycles. The number of benzene rings is 2. The topological polar surface area (TPSA) is 45.5 Å². The molecular weight excluding hydrogens is 372 g/mol. The maximum atomic E-state index is 12.1.